The third-order valence-electron chi connectivity index (χ3n) is 3.74. The van der Waals surface area contributed by atoms with Crippen molar-refractivity contribution in [3.63, 3.8) is 0 Å². The third-order valence-corrected chi connectivity index (χ3v) is 5.17. The first-order chi connectivity index (χ1) is 11.1. The van der Waals surface area contributed by atoms with Crippen LogP contribution in [0.25, 0.3) is 0 Å². The van der Waals surface area contributed by atoms with Crippen molar-refractivity contribution < 1.29 is 17.9 Å². The molecule has 1 aromatic rings. The number of hydrogen-bond acceptors (Lipinski definition) is 4. The average molecular weight is 340 g/mol. The normalized spacial score (nSPS) is 15.5. The maximum Gasteiger partial charge on any atom is 0.223 e. The molecule has 7 heteroatoms. The predicted molar refractivity (Wildman–Crippen MR) is 88.7 cm³/mol. The molecule has 0 unspecified atom stereocenters. The van der Waals surface area contributed by atoms with E-state index in [1.807, 2.05) is 30.3 Å². The van der Waals surface area contributed by atoms with Gasteiger partial charge in [-0.15, -0.1) is 0 Å². The smallest absolute Gasteiger partial charge is 0.223 e. The molecule has 1 fully saturated rings. The first-order valence-corrected chi connectivity index (χ1v) is 9.65. The van der Waals surface area contributed by atoms with Crippen molar-refractivity contribution >= 4 is 15.9 Å². The fourth-order valence-corrected chi connectivity index (χ4v) is 3.78. The molecule has 2 N–H and O–H groups in total. The van der Waals surface area contributed by atoms with Crippen molar-refractivity contribution in [2.75, 3.05) is 18.9 Å². The van der Waals surface area contributed by atoms with Gasteiger partial charge in [0, 0.05) is 12.6 Å². The van der Waals surface area contributed by atoms with Crippen LogP contribution in [0.3, 0.4) is 0 Å². The van der Waals surface area contributed by atoms with Gasteiger partial charge in [0.1, 0.15) is 5.75 Å². The first kappa shape index (κ1) is 17.7. The Morgan fingerprint density at radius 2 is 1.87 bits per heavy atom. The summed E-state index contributed by atoms with van der Waals surface area (Å²) in [7, 11) is -3.32. The van der Waals surface area contributed by atoms with Crippen LogP contribution in [0.4, 0.5) is 0 Å². The van der Waals surface area contributed by atoms with Gasteiger partial charge in [0.25, 0.3) is 0 Å². The highest BCUT2D eigenvalue weighted by atomic mass is 32.2. The first-order valence-electron chi connectivity index (χ1n) is 8.00. The van der Waals surface area contributed by atoms with Gasteiger partial charge in [-0.1, -0.05) is 31.0 Å². The Morgan fingerprint density at radius 1 is 1.17 bits per heavy atom. The molecule has 0 bridgehead atoms. The Kier molecular flexibility index (Phi) is 6.85. The number of ether oxygens (including phenoxy) is 1. The molecule has 0 heterocycles. The highest BCUT2D eigenvalue weighted by molar-refractivity contribution is 7.89. The standard InChI is InChI=1S/C16H24N2O4S/c19-16(10-12-22-15-8-2-1-3-9-15)17-11-13-23(20,21)18-14-6-4-5-7-14/h1-3,8-9,14,18H,4-7,10-13H2,(H,17,19). The second kappa shape index (κ2) is 8.88. The van der Waals surface area contributed by atoms with Crippen molar-refractivity contribution in [2.45, 2.75) is 38.1 Å². The van der Waals surface area contributed by atoms with Gasteiger partial charge in [-0.25, -0.2) is 13.1 Å². The van der Waals surface area contributed by atoms with E-state index < -0.39 is 10.0 Å². The summed E-state index contributed by atoms with van der Waals surface area (Å²) >= 11 is 0. The van der Waals surface area contributed by atoms with E-state index in [9.17, 15) is 13.2 Å². The molecule has 23 heavy (non-hydrogen) atoms. The van der Waals surface area contributed by atoms with E-state index in [4.69, 9.17) is 4.74 Å². The van der Waals surface area contributed by atoms with E-state index in [0.29, 0.717) is 5.75 Å². The zero-order valence-corrected chi connectivity index (χ0v) is 14.0. The van der Waals surface area contributed by atoms with E-state index in [0.717, 1.165) is 25.7 Å². The zero-order valence-electron chi connectivity index (χ0n) is 13.2. The topological polar surface area (TPSA) is 84.5 Å². The summed E-state index contributed by atoms with van der Waals surface area (Å²) < 4.78 is 31.9. The highest BCUT2D eigenvalue weighted by Gasteiger charge is 2.21. The minimum absolute atomic E-state index is 0.0648. The maximum atomic E-state index is 11.9. The molecule has 1 amide bonds. The van der Waals surface area contributed by atoms with Gasteiger partial charge in [0.15, 0.2) is 0 Å². The van der Waals surface area contributed by atoms with Crippen LogP contribution in [-0.4, -0.2) is 39.3 Å². The number of amides is 1. The van der Waals surface area contributed by atoms with Crippen molar-refractivity contribution in [3.8, 4) is 5.75 Å². The number of benzene rings is 1. The lowest BCUT2D eigenvalue weighted by molar-refractivity contribution is -0.121. The number of hydrogen-bond donors (Lipinski definition) is 2. The van der Waals surface area contributed by atoms with Crippen molar-refractivity contribution in [1.29, 1.82) is 0 Å². The number of carbonyl (C=O) groups excluding carboxylic acids is 1. The summed E-state index contributed by atoms with van der Waals surface area (Å²) in [5.41, 5.74) is 0. The predicted octanol–water partition coefficient (Wildman–Crippen LogP) is 1.43. The summed E-state index contributed by atoms with van der Waals surface area (Å²) in [6, 6.07) is 9.31. The molecule has 0 atom stereocenters. The highest BCUT2D eigenvalue weighted by Crippen LogP contribution is 2.18. The second-order valence-electron chi connectivity index (χ2n) is 5.68. The quantitative estimate of drug-likeness (QED) is 0.712. The summed E-state index contributed by atoms with van der Waals surface area (Å²) in [5, 5.41) is 2.61. The van der Waals surface area contributed by atoms with Crippen LogP contribution in [0.1, 0.15) is 32.1 Å². The summed E-state index contributed by atoms with van der Waals surface area (Å²) in [6.07, 6.45) is 4.16. The molecule has 1 aliphatic rings. The molecule has 2 rings (SSSR count). The summed E-state index contributed by atoms with van der Waals surface area (Å²) in [6.45, 7) is 0.384. The largest absolute Gasteiger partial charge is 0.493 e. The molecule has 1 aliphatic carbocycles. The molecule has 1 saturated carbocycles. The molecule has 6 nitrogen and oxygen atoms in total. The lowest BCUT2D eigenvalue weighted by Gasteiger charge is -2.12. The monoisotopic (exact) mass is 340 g/mol. The molecule has 0 saturated heterocycles. The van der Waals surface area contributed by atoms with Crippen LogP contribution in [0, 0.1) is 0 Å². The Balaban J connectivity index is 1.58. The molecule has 0 aromatic heterocycles. The number of carbonyl (C=O) groups is 1. The minimum atomic E-state index is -3.32. The van der Waals surface area contributed by atoms with E-state index in [-0.39, 0.29) is 37.3 Å². The molecular weight excluding hydrogens is 316 g/mol. The molecule has 0 spiro atoms. The minimum Gasteiger partial charge on any atom is -0.493 e. The summed E-state index contributed by atoms with van der Waals surface area (Å²) in [5.74, 6) is 0.412. The van der Waals surface area contributed by atoms with E-state index in [1.165, 1.54) is 0 Å². The van der Waals surface area contributed by atoms with E-state index >= 15 is 0 Å². The Bertz CT molecular complexity index is 583. The average Bonchev–Trinajstić information content (AvgIpc) is 3.00. The fraction of sp³-hybridized carbons (Fsp3) is 0.562. The van der Waals surface area contributed by atoms with Crippen LogP contribution in [0.5, 0.6) is 5.75 Å². The number of para-hydroxylation sites is 1. The summed E-state index contributed by atoms with van der Waals surface area (Å²) in [4.78, 5) is 11.7. The van der Waals surface area contributed by atoms with Crippen molar-refractivity contribution in [3.05, 3.63) is 30.3 Å². The van der Waals surface area contributed by atoms with Gasteiger partial charge in [0.05, 0.1) is 18.8 Å². The van der Waals surface area contributed by atoms with E-state index in [1.54, 1.807) is 0 Å². The molecule has 128 valence electrons. The number of nitrogens with one attached hydrogen (secondary N) is 2. The van der Waals surface area contributed by atoms with Crippen LogP contribution in [-0.2, 0) is 14.8 Å². The number of rotatable bonds is 9. The van der Waals surface area contributed by atoms with Gasteiger partial charge in [-0.05, 0) is 25.0 Å². The Hall–Kier alpha value is -1.60. The van der Waals surface area contributed by atoms with Crippen LogP contribution in [0.15, 0.2) is 30.3 Å². The SMILES string of the molecule is O=C(CCOc1ccccc1)NCCS(=O)(=O)NC1CCCC1. The van der Waals surface area contributed by atoms with Gasteiger partial charge >= 0.3 is 0 Å². The van der Waals surface area contributed by atoms with Crippen molar-refractivity contribution in [2.24, 2.45) is 0 Å². The van der Waals surface area contributed by atoms with Crippen molar-refractivity contribution in [1.82, 2.24) is 10.0 Å². The zero-order chi connectivity index (χ0) is 16.5. The van der Waals surface area contributed by atoms with Gasteiger partial charge < -0.3 is 10.1 Å². The van der Waals surface area contributed by atoms with Gasteiger partial charge in [0.2, 0.25) is 15.9 Å². The van der Waals surface area contributed by atoms with E-state index in [2.05, 4.69) is 10.0 Å². The van der Waals surface area contributed by atoms with Gasteiger partial charge in [-0.3, -0.25) is 4.79 Å². The molecule has 1 aromatic carbocycles. The second-order valence-corrected chi connectivity index (χ2v) is 7.55. The van der Waals surface area contributed by atoms with Crippen LogP contribution in [0.2, 0.25) is 0 Å². The molecular formula is C16H24N2O4S. The third kappa shape index (κ3) is 7.00. The molecule has 0 radical (unpaired) electrons. The maximum absolute atomic E-state index is 11.9. The van der Waals surface area contributed by atoms with Crippen LogP contribution < -0.4 is 14.8 Å². The Labute approximate surface area is 137 Å². The molecule has 0 aliphatic heterocycles. The van der Waals surface area contributed by atoms with Crippen LogP contribution >= 0.6 is 0 Å². The lowest BCUT2D eigenvalue weighted by atomic mass is 10.3. The fourth-order valence-electron chi connectivity index (χ4n) is 2.55. The van der Waals surface area contributed by atoms with Gasteiger partial charge in [-0.2, -0.15) is 0 Å². The number of sulfonamides is 1. The lowest BCUT2D eigenvalue weighted by Crippen LogP contribution is -2.38. The Morgan fingerprint density at radius 3 is 2.57 bits per heavy atom.